The molecule has 1 unspecified atom stereocenters. The highest BCUT2D eigenvalue weighted by atomic mass is 35.5. The van der Waals surface area contributed by atoms with E-state index in [1.165, 1.54) is 0 Å². The molecule has 4 amide bonds. The molecule has 8 nitrogen and oxygen atoms in total. The van der Waals surface area contributed by atoms with Gasteiger partial charge >= 0.3 is 6.03 Å². The monoisotopic (exact) mass is 485 g/mol. The van der Waals surface area contributed by atoms with Gasteiger partial charge in [0.2, 0.25) is 5.91 Å². The van der Waals surface area contributed by atoms with E-state index in [-0.39, 0.29) is 25.3 Å². The van der Waals surface area contributed by atoms with E-state index in [1.54, 1.807) is 6.08 Å². The molecular weight excluding hydrogens is 454 g/mol. The third-order valence-electron chi connectivity index (χ3n) is 6.12. The lowest BCUT2D eigenvalue weighted by Crippen LogP contribution is -2.55. The van der Waals surface area contributed by atoms with Gasteiger partial charge in [-0.05, 0) is 31.1 Å². The van der Waals surface area contributed by atoms with Crippen molar-refractivity contribution < 1.29 is 14.4 Å². The first kappa shape index (κ1) is 25.5. The molecule has 0 aromatic heterocycles. The smallest absolute Gasteiger partial charge is 0.322 e. The van der Waals surface area contributed by atoms with Crippen LogP contribution in [-0.2, 0) is 16.1 Å². The van der Waals surface area contributed by atoms with Gasteiger partial charge in [-0.3, -0.25) is 14.9 Å². The summed E-state index contributed by atoms with van der Waals surface area (Å²) in [5.41, 5.74) is 1.03. The van der Waals surface area contributed by atoms with Gasteiger partial charge in [0, 0.05) is 56.4 Å². The number of amides is 4. The minimum Gasteiger partial charge on any atom is -0.371 e. The van der Waals surface area contributed by atoms with Crippen molar-refractivity contribution in [2.45, 2.75) is 31.8 Å². The molecule has 2 saturated heterocycles. The number of rotatable bonds is 10. The highest BCUT2D eigenvalue weighted by Gasteiger charge is 2.46. The first-order valence-corrected chi connectivity index (χ1v) is 11.8. The maximum absolute atomic E-state index is 12.9. The molecule has 2 fully saturated rings. The van der Waals surface area contributed by atoms with Crippen LogP contribution in [0.15, 0.2) is 65.9 Å². The Balaban J connectivity index is 1.51. The first-order valence-electron chi connectivity index (χ1n) is 11.4. The molecule has 2 aliphatic heterocycles. The molecule has 0 aliphatic carbocycles. The number of halogens is 1. The average molecular weight is 486 g/mol. The first-order chi connectivity index (χ1) is 16.3. The topological polar surface area (TPSA) is 93.8 Å². The zero-order valence-electron chi connectivity index (χ0n) is 19.5. The van der Waals surface area contributed by atoms with Gasteiger partial charge in [-0.25, -0.2) is 4.79 Å². The molecule has 2 heterocycles. The number of imide groups is 1. The lowest BCUT2D eigenvalue weighted by atomic mass is 9.92. The minimum absolute atomic E-state index is 0.0176. The number of piperazine rings is 1. The van der Waals surface area contributed by atoms with Crippen LogP contribution in [0.4, 0.5) is 4.79 Å². The molecule has 3 N–H and O–H groups in total. The Morgan fingerprint density at radius 2 is 1.85 bits per heavy atom. The van der Waals surface area contributed by atoms with Crippen molar-refractivity contribution >= 4 is 29.4 Å². The van der Waals surface area contributed by atoms with E-state index < -0.39 is 17.5 Å². The summed E-state index contributed by atoms with van der Waals surface area (Å²) in [6.45, 7) is 9.11. The molecule has 0 spiro atoms. The number of urea groups is 1. The number of allylic oxidation sites excluding steroid dienone is 5. The fourth-order valence-corrected chi connectivity index (χ4v) is 4.19. The third-order valence-corrected chi connectivity index (χ3v) is 6.25. The van der Waals surface area contributed by atoms with Gasteiger partial charge in [0.25, 0.3) is 5.91 Å². The second-order valence-corrected chi connectivity index (χ2v) is 9.05. The summed E-state index contributed by atoms with van der Waals surface area (Å²) in [6.07, 6.45) is 5.97. The second-order valence-electron chi connectivity index (χ2n) is 8.56. The van der Waals surface area contributed by atoms with Crippen LogP contribution in [0.1, 0.15) is 25.3 Å². The van der Waals surface area contributed by atoms with Crippen LogP contribution in [0.5, 0.6) is 0 Å². The highest BCUT2D eigenvalue weighted by Crippen LogP contribution is 2.19. The largest absolute Gasteiger partial charge is 0.371 e. The Labute approximate surface area is 205 Å². The van der Waals surface area contributed by atoms with E-state index in [1.807, 2.05) is 54.3 Å². The van der Waals surface area contributed by atoms with Crippen molar-refractivity contribution in [3.05, 3.63) is 71.4 Å². The van der Waals surface area contributed by atoms with Gasteiger partial charge in [-0.1, -0.05) is 54.6 Å². The fourth-order valence-electron chi connectivity index (χ4n) is 4.12. The van der Waals surface area contributed by atoms with Crippen molar-refractivity contribution in [2.24, 2.45) is 0 Å². The van der Waals surface area contributed by atoms with Crippen LogP contribution in [0.3, 0.4) is 0 Å². The van der Waals surface area contributed by atoms with Gasteiger partial charge in [0.15, 0.2) is 0 Å². The Kier molecular flexibility index (Phi) is 8.90. The Bertz CT molecular complexity index is 970. The summed E-state index contributed by atoms with van der Waals surface area (Å²) in [6, 6.07) is 9.27. The highest BCUT2D eigenvalue weighted by molar-refractivity contribution is 6.30. The Morgan fingerprint density at radius 1 is 1.18 bits per heavy atom. The molecule has 0 saturated carbocycles. The summed E-state index contributed by atoms with van der Waals surface area (Å²) in [4.78, 5) is 41.4. The van der Waals surface area contributed by atoms with E-state index in [0.29, 0.717) is 24.7 Å². The number of benzene rings is 1. The molecular formula is C25H32ClN5O3. The zero-order valence-corrected chi connectivity index (χ0v) is 20.2. The van der Waals surface area contributed by atoms with E-state index >= 15 is 0 Å². The lowest BCUT2D eigenvalue weighted by molar-refractivity contribution is -0.133. The maximum atomic E-state index is 12.9. The molecule has 0 radical (unpaired) electrons. The van der Waals surface area contributed by atoms with E-state index in [9.17, 15) is 14.4 Å². The molecule has 182 valence electrons. The van der Waals surface area contributed by atoms with Gasteiger partial charge in [-0.15, -0.1) is 0 Å². The lowest BCUT2D eigenvalue weighted by Gasteiger charge is -2.37. The maximum Gasteiger partial charge on any atom is 0.322 e. The Hall–Kier alpha value is -3.10. The molecule has 9 heteroatoms. The molecule has 0 bridgehead atoms. The Morgan fingerprint density at radius 3 is 2.47 bits per heavy atom. The van der Waals surface area contributed by atoms with E-state index in [2.05, 4.69) is 27.4 Å². The van der Waals surface area contributed by atoms with Gasteiger partial charge in [-0.2, -0.15) is 0 Å². The van der Waals surface area contributed by atoms with Crippen molar-refractivity contribution in [3.63, 3.8) is 0 Å². The van der Waals surface area contributed by atoms with Crippen LogP contribution < -0.4 is 16.0 Å². The van der Waals surface area contributed by atoms with Crippen LogP contribution in [0.2, 0.25) is 0 Å². The normalized spacial score (nSPS) is 21.1. The number of carbonyl (C=O) groups is 3. The van der Waals surface area contributed by atoms with Gasteiger partial charge < -0.3 is 20.4 Å². The summed E-state index contributed by atoms with van der Waals surface area (Å²) in [5.74, 6) is -0.417. The van der Waals surface area contributed by atoms with Crippen LogP contribution in [0, 0.1) is 0 Å². The van der Waals surface area contributed by atoms with Crippen LogP contribution in [-0.4, -0.2) is 65.9 Å². The summed E-state index contributed by atoms with van der Waals surface area (Å²) in [5, 5.41) is 8.78. The van der Waals surface area contributed by atoms with Crippen molar-refractivity contribution in [1.29, 1.82) is 0 Å². The molecule has 3 rings (SSSR count). The molecule has 1 aromatic carbocycles. The second kappa shape index (κ2) is 11.9. The summed E-state index contributed by atoms with van der Waals surface area (Å²) >= 11 is 5.74. The standard InChI is InChI=1S/C25H32ClN5O3/c1-19(26)7-6-8-20(2)30-13-15-31(16-14-30)22(32)11-12-25(23(33)28-24(34)29-25)18-27-17-21-9-4-3-5-10-21/h3-10,27H,1,11-18H2,2H3,(H2,28,29,33,34)/b7-6-,20-8+. The number of hydrogen-bond donors (Lipinski definition) is 3. The number of nitrogens with zero attached hydrogens (tertiary/aromatic N) is 2. The predicted molar refractivity (Wildman–Crippen MR) is 133 cm³/mol. The molecule has 1 atom stereocenters. The number of nitrogens with one attached hydrogen (secondary N) is 3. The summed E-state index contributed by atoms with van der Waals surface area (Å²) in [7, 11) is 0. The molecule has 2 aliphatic rings. The average Bonchev–Trinajstić information content (AvgIpc) is 3.10. The summed E-state index contributed by atoms with van der Waals surface area (Å²) < 4.78 is 0. The van der Waals surface area contributed by atoms with Crippen LogP contribution >= 0.6 is 11.6 Å². The van der Waals surface area contributed by atoms with Gasteiger partial charge in [0.1, 0.15) is 5.54 Å². The van der Waals surface area contributed by atoms with E-state index in [4.69, 9.17) is 11.6 Å². The molecule has 1 aromatic rings. The zero-order chi connectivity index (χ0) is 24.6. The molecule has 34 heavy (non-hydrogen) atoms. The predicted octanol–water partition coefficient (Wildman–Crippen LogP) is 2.49. The quantitative estimate of drug-likeness (QED) is 0.350. The van der Waals surface area contributed by atoms with Crippen molar-refractivity contribution in [2.75, 3.05) is 32.7 Å². The minimum atomic E-state index is -1.14. The number of hydrogen-bond acceptors (Lipinski definition) is 5. The van der Waals surface area contributed by atoms with Crippen molar-refractivity contribution in [1.82, 2.24) is 25.8 Å². The van der Waals surface area contributed by atoms with Crippen LogP contribution in [0.25, 0.3) is 0 Å². The van der Waals surface area contributed by atoms with Gasteiger partial charge in [0.05, 0.1) is 0 Å². The SMILES string of the molecule is C=C(Cl)/C=C\C=C(/C)N1CCN(C(=O)CCC2(CNCc3ccccc3)NC(=O)NC2=O)CC1. The third kappa shape index (κ3) is 6.95. The number of carbonyl (C=O) groups excluding carboxylic acids is 3. The fraction of sp³-hybridized carbons (Fsp3) is 0.400. The van der Waals surface area contributed by atoms with Crippen molar-refractivity contribution in [3.8, 4) is 0 Å². The van der Waals surface area contributed by atoms with E-state index in [0.717, 1.165) is 24.4 Å².